The van der Waals surface area contributed by atoms with Gasteiger partial charge in [-0.1, -0.05) is 37.7 Å². The summed E-state index contributed by atoms with van der Waals surface area (Å²) in [5.74, 6) is 2.91. The molecule has 1 heterocycles. The lowest BCUT2D eigenvalue weighted by molar-refractivity contribution is 0.281. The van der Waals surface area contributed by atoms with E-state index in [0.717, 1.165) is 18.4 Å². The van der Waals surface area contributed by atoms with Crippen molar-refractivity contribution in [2.75, 3.05) is 17.7 Å². The van der Waals surface area contributed by atoms with E-state index in [1.165, 1.54) is 32.1 Å². The van der Waals surface area contributed by atoms with E-state index >= 15 is 0 Å². The number of anilines is 1. The van der Waals surface area contributed by atoms with E-state index in [4.69, 9.17) is 16.0 Å². The fourth-order valence-corrected chi connectivity index (χ4v) is 2.67. The number of hydrogen-bond acceptors (Lipinski definition) is 4. The smallest absolute Gasteiger partial charge is 0.315 e. The molecule has 18 heavy (non-hydrogen) atoms. The monoisotopic (exact) mass is 271 g/mol. The molecule has 0 spiro atoms. The molecule has 0 unspecified atom stereocenters. The zero-order chi connectivity index (χ0) is 12.8. The maximum atomic E-state index is 5.61. The van der Waals surface area contributed by atoms with Gasteiger partial charge in [-0.3, -0.25) is 0 Å². The Morgan fingerprint density at radius 1 is 1.28 bits per heavy atom. The molecule has 0 radical (unpaired) electrons. The van der Waals surface area contributed by atoms with Gasteiger partial charge in [0.25, 0.3) is 0 Å². The lowest BCUT2D eigenvalue weighted by Crippen LogP contribution is -2.15. The van der Waals surface area contributed by atoms with E-state index in [-0.39, 0.29) is 0 Å². The van der Waals surface area contributed by atoms with Gasteiger partial charge in [0, 0.05) is 18.8 Å². The van der Waals surface area contributed by atoms with Crippen molar-refractivity contribution in [1.29, 1.82) is 0 Å². The van der Waals surface area contributed by atoms with Crippen molar-refractivity contribution in [3.8, 4) is 0 Å². The molecule has 0 saturated heterocycles. The van der Waals surface area contributed by atoms with Crippen molar-refractivity contribution >= 4 is 17.6 Å². The van der Waals surface area contributed by atoms with E-state index < -0.39 is 0 Å². The van der Waals surface area contributed by atoms with Crippen molar-refractivity contribution in [2.45, 2.75) is 45.4 Å². The zero-order valence-corrected chi connectivity index (χ0v) is 11.7. The predicted octanol–water partition coefficient (Wildman–Crippen LogP) is 3.48. The first-order valence-electron chi connectivity index (χ1n) is 6.90. The van der Waals surface area contributed by atoms with Gasteiger partial charge in [-0.2, -0.15) is 0 Å². The van der Waals surface area contributed by atoms with Crippen LogP contribution in [0.1, 0.15) is 44.9 Å². The summed E-state index contributed by atoms with van der Waals surface area (Å²) in [6, 6.07) is 0.527. The van der Waals surface area contributed by atoms with Crippen LogP contribution in [-0.2, 0) is 6.42 Å². The predicted molar refractivity (Wildman–Crippen MR) is 73.0 cm³/mol. The van der Waals surface area contributed by atoms with Crippen LogP contribution in [0.3, 0.4) is 0 Å². The highest BCUT2D eigenvalue weighted by molar-refractivity contribution is 6.17. The minimum Gasteiger partial charge on any atom is -0.408 e. The van der Waals surface area contributed by atoms with Gasteiger partial charge in [0.1, 0.15) is 0 Å². The lowest BCUT2D eigenvalue weighted by Gasteiger charge is -2.25. The Hall–Kier alpha value is -0.770. The van der Waals surface area contributed by atoms with Gasteiger partial charge < -0.3 is 9.73 Å². The number of aromatic nitrogens is 2. The third kappa shape index (κ3) is 4.16. The number of hydrogen-bond donors (Lipinski definition) is 1. The molecule has 1 aromatic heterocycles. The first-order valence-corrected chi connectivity index (χ1v) is 7.43. The summed E-state index contributed by atoms with van der Waals surface area (Å²) in [4.78, 5) is 0. The quantitative estimate of drug-likeness (QED) is 0.805. The molecule has 5 heteroatoms. The largest absolute Gasteiger partial charge is 0.408 e. The molecule has 4 nitrogen and oxygen atoms in total. The van der Waals surface area contributed by atoms with Crippen LogP contribution in [0.4, 0.5) is 6.01 Å². The highest BCUT2D eigenvalue weighted by Gasteiger charge is 2.17. The lowest BCUT2D eigenvalue weighted by atomic mass is 9.81. The first-order chi connectivity index (χ1) is 8.78. The van der Waals surface area contributed by atoms with Crippen LogP contribution in [0.25, 0.3) is 0 Å². The second kappa shape index (κ2) is 6.98. The fourth-order valence-electron chi connectivity index (χ4n) is 2.51. The van der Waals surface area contributed by atoms with Gasteiger partial charge in [-0.15, -0.1) is 16.7 Å². The van der Waals surface area contributed by atoms with Gasteiger partial charge in [0.15, 0.2) is 0 Å². The molecule has 2 rings (SSSR count). The van der Waals surface area contributed by atoms with Crippen LogP contribution < -0.4 is 5.32 Å². The van der Waals surface area contributed by atoms with E-state index in [2.05, 4.69) is 22.4 Å². The molecular weight excluding hydrogens is 250 g/mol. The maximum absolute atomic E-state index is 5.61. The van der Waals surface area contributed by atoms with Crippen LogP contribution in [0.5, 0.6) is 0 Å². The summed E-state index contributed by atoms with van der Waals surface area (Å²) in [7, 11) is 0. The Morgan fingerprint density at radius 2 is 2.06 bits per heavy atom. The first kappa shape index (κ1) is 13.7. The van der Waals surface area contributed by atoms with Crippen LogP contribution in [0.15, 0.2) is 4.42 Å². The molecule has 0 aliphatic heterocycles. The van der Waals surface area contributed by atoms with E-state index in [1.807, 2.05) is 0 Å². The molecule has 1 aliphatic rings. The highest BCUT2D eigenvalue weighted by atomic mass is 35.5. The summed E-state index contributed by atoms with van der Waals surface area (Å²) >= 11 is 5.61. The topological polar surface area (TPSA) is 51.0 Å². The molecule has 1 saturated carbocycles. The Balaban J connectivity index is 1.65. The van der Waals surface area contributed by atoms with Crippen molar-refractivity contribution < 1.29 is 4.42 Å². The van der Waals surface area contributed by atoms with Gasteiger partial charge in [-0.25, -0.2) is 0 Å². The molecule has 0 aromatic carbocycles. The van der Waals surface area contributed by atoms with Crippen LogP contribution >= 0.6 is 11.6 Å². The standard InChI is InChI=1S/C13H22ClN3O/c1-10-2-4-11(5-3-10)7-9-15-13-17-16-12(18-13)6-8-14/h10-11H,2-9H2,1H3,(H,15,17). The molecule has 0 amide bonds. The average Bonchev–Trinajstić information content (AvgIpc) is 2.80. The third-order valence-corrected chi connectivity index (χ3v) is 3.93. The van der Waals surface area contributed by atoms with Gasteiger partial charge in [-0.05, 0) is 18.3 Å². The van der Waals surface area contributed by atoms with Crippen molar-refractivity contribution in [3.05, 3.63) is 5.89 Å². The molecule has 1 aliphatic carbocycles. The molecule has 1 aromatic rings. The van der Waals surface area contributed by atoms with Gasteiger partial charge in [0.2, 0.25) is 5.89 Å². The summed E-state index contributed by atoms with van der Waals surface area (Å²) in [6.07, 6.45) is 7.32. The summed E-state index contributed by atoms with van der Waals surface area (Å²) in [6.45, 7) is 3.27. The Bertz CT molecular complexity index is 348. The Labute approximate surface area is 113 Å². The number of alkyl halides is 1. The molecular formula is C13H22ClN3O. The summed E-state index contributed by atoms with van der Waals surface area (Å²) < 4.78 is 5.41. The second-order valence-corrected chi connectivity index (χ2v) is 5.66. The number of rotatable bonds is 6. The number of aryl methyl sites for hydroxylation is 1. The van der Waals surface area contributed by atoms with Crippen molar-refractivity contribution in [3.63, 3.8) is 0 Å². The van der Waals surface area contributed by atoms with E-state index in [1.54, 1.807) is 0 Å². The minimum absolute atomic E-state index is 0.516. The molecule has 1 fully saturated rings. The zero-order valence-electron chi connectivity index (χ0n) is 11.0. The van der Waals surface area contributed by atoms with Crippen LogP contribution in [-0.4, -0.2) is 22.6 Å². The van der Waals surface area contributed by atoms with Crippen molar-refractivity contribution in [2.24, 2.45) is 11.8 Å². The third-order valence-electron chi connectivity index (χ3n) is 3.74. The van der Waals surface area contributed by atoms with Crippen LogP contribution in [0.2, 0.25) is 0 Å². The van der Waals surface area contributed by atoms with Crippen LogP contribution in [0, 0.1) is 11.8 Å². The number of nitrogens with zero attached hydrogens (tertiary/aromatic N) is 2. The molecule has 1 N–H and O–H groups in total. The van der Waals surface area contributed by atoms with Gasteiger partial charge in [0.05, 0.1) is 0 Å². The SMILES string of the molecule is CC1CCC(CCNc2nnc(CCCl)o2)CC1. The fraction of sp³-hybridized carbons (Fsp3) is 0.846. The Kier molecular flexibility index (Phi) is 5.29. The number of halogens is 1. The molecule has 0 atom stereocenters. The van der Waals surface area contributed by atoms with Gasteiger partial charge >= 0.3 is 6.01 Å². The minimum atomic E-state index is 0.516. The van der Waals surface area contributed by atoms with E-state index in [0.29, 0.717) is 24.2 Å². The maximum Gasteiger partial charge on any atom is 0.315 e. The normalized spacial score (nSPS) is 24.1. The molecule has 0 bridgehead atoms. The van der Waals surface area contributed by atoms with E-state index in [9.17, 15) is 0 Å². The second-order valence-electron chi connectivity index (χ2n) is 5.28. The Morgan fingerprint density at radius 3 is 2.78 bits per heavy atom. The average molecular weight is 272 g/mol. The summed E-state index contributed by atoms with van der Waals surface area (Å²) in [5, 5.41) is 11.1. The highest BCUT2D eigenvalue weighted by Crippen LogP contribution is 2.30. The number of nitrogens with one attached hydrogen (secondary N) is 1. The molecule has 102 valence electrons. The summed E-state index contributed by atoms with van der Waals surface area (Å²) in [5.41, 5.74) is 0. The van der Waals surface area contributed by atoms with Crippen molar-refractivity contribution in [1.82, 2.24) is 10.2 Å².